The molecule has 0 bridgehead atoms. The van der Waals surface area contributed by atoms with Gasteiger partial charge in [0.2, 0.25) is 0 Å². The first kappa shape index (κ1) is 14.3. The van der Waals surface area contributed by atoms with Crippen LogP contribution in [-0.2, 0) is 0 Å². The topological polar surface area (TPSA) is 29.3 Å². The molecule has 1 heterocycles. The van der Waals surface area contributed by atoms with Gasteiger partial charge in [-0.15, -0.1) is 0 Å². The minimum atomic E-state index is -0.187. The van der Waals surface area contributed by atoms with E-state index in [1.54, 1.807) is 11.9 Å². The van der Waals surface area contributed by atoms with Gasteiger partial charge in [0.05, 0.1) is 11.7 Å². The summed E-state index contributed by atoms with van der Waals surface area (Å²) in [4.78, 5) is 1.08. The second kappa shape index (κ2) is 5.87. The van der Waals surface area contributed by atoms with Crippen LogP contribution in [0.25, 0.3) is 0 Å². The summed E-state index contributed by atoms with van der Waals surface area (Å²) in [6.45, 7) is 5.89. The highest BCUT2D eigenvalue weighted by molar-refractivity contribution is 7.97. The van der Waals surface area contributed by atoms with Crippen LogP contribution in [0.15, 0.2) is 59.2 Å². The lowest BCUT2D eigenvalue weighted by Crippen LogP contribution is -2.15. The van der Waals surface area contributed by atoms with Crippen LogP contribution in [0, 0.1) is 0 Å². The van der Waals surface area contributed by atoms with Crippen molar-refractivity contribution in [3.05, 3.63) is 64.9 Å². The first-order valence-corrected chi connectivity index (χ1v) is 7.19. The van der Waals surface area contributed by atoms with E-state index in [1.807, 2.05) is 44.3 Å². The molecular weight excluding hydrogens is 276 g/mol. The molecular formula is C15H17ClN2S. The van der Waals surface area contributed by atoms with Gasteiger partial charge in [0, 0.05) is 17.0 Å². The number of nitrogens with zero attached hydrogens (tertiary/aromatic N) is 1. The van der Waals surface area contributed by atoms with Crippen LogP contribution < -0.4 is 5.73 Å². The summed E-state index contributed by atoms with van der Waals surface area (Å²) in [6.07, 6.45) is 5.89. The minimum Gasteiger partial charge on any atom is -0.320 e. The molecule has 1 aromatic rings. The molecule has 1 atom stereocenters. The number of fused-ring (bicyclic) bond motifs is 1. The molecule has 0 spiro atoms. The molecule has 1 aromatic carbocycles. The predicted octanol–water partition coefficient (Wildman–Crippen LogP) is 4.31. The van der Waals surface area contributed by atoms with Crippen LogP contribution in [-0.4, -0.2) is 11.4 Å². The third kappa shape index (κ3) is 2.73. The Kier molecular flexibility index (Phi) is 4.40. The smallest absolute Gasteiger partial charge is 0.0584 e. The van der Waals surface area contributed by atoms with E-state index in [0.717, 1.165) is 26.8 Å². The predicted molar refractivity (Wildman–Crippen MR) is 84.0 cm³/mol. The largest absolute Gasteiger partial charge is 0.320 e. The Morgan fingerprint density at radius 1 is 1.47 bits per heavy atom. The summed E-state index contributed by atoms with van der Waals surface area (Å²) < 4.78 is 2.10. The Labute approximate surface area is 123 Å². The highest BCUT2D eigenvalue weighted by Crippen LogP contribution is 2.40. The van der Waals surface area contributed by atoms with Crippen molar-refractivity contribution in [3.8, 4) is 0 Å². The van der Waals surface area contributed by atoms with Crippen LogP contribution >= 0.6 is 23.5 Å². The number of allylic oxidation sites excluding steroid dienone is 2. The second-order valence-corrected chi connectivity index (χ2v) is 5.90. The highest BCUT2D eigenvalue weighted by Gasteiger charge is 2.23. The number of benzene rings is 1. The van der Waals surface area contributed by atoms with Crippen molar-refractivity contribution in [1.82, 2.24) is 4.31 Å². The number of nitrogens with two attached hydrogens (primary N) is 1. The minimum absolute atomic E-state index is 0.187. The fraction of sp³-hybridized carbons (Fsp3) is 0.200. The van der Waals surface area contributed by atoms with Gasteiger partial charge in [0.15, 0.2) is 0 Å². The lowest BCUT2D eigenvalue weighted by molar-refractivity contribution is 0.708. The van der Waals surface area contributed by atoms with Gasteiger partial charge in [-0.1, -0.05) is 36.4 Å². The Bertz CT molecular complexity index is 563. The number of halogens is 1. The third-order valence-electron chi connectivity index (χ3n) is 3.06. The van der Waals surface area contributed by atoms with Crippen LogP contribution in [0.4, 0.5) is 0 Å². The SMILES string of the molecule is C=CC1=C(/C=C\C)N(C)Sc2cc(Cl)ccc2C1N. The third-order valence-corrected chi connectivity index (χ3v) is 4.32. The van der Waals surface area contributed by atoms with Crippen LogP contribution in [0.5, 0.6) is 0 Å². The van der Waals surface area contributed by atoms with Gasteiger partial charge in [0.1, 0.15) is 0 Å². The Hall–Kier alpha value is -1.16. The van der Waals surface area contributed by atoms with E-state index in [4.69, 9.17) is 17.3 Å². The van der Waals surface area contributed by atoms with E-state index in [0.29, 0.717) is 0 Å². The zero-order chi connectivity index (χ0) is 14.0. The molecule has 1 unspecified atom stereocenters. The Morgan fingerprint density at radius 3 is 2.84 bits per heavy atom. The Morgan fingerprint density at radius 2 is 2.21 bits per heavy atom. The molecule has 1 aliphatic heterocycles. The molecule has 2 rings (SSSR count). The standard InChI is InChI=1S/C15H17ClN2S/c1-4-6-13-11(5-2)15(17)12-8-7-10(16)9-14(12)19-18(13)3/h4-9,15H,2,17H2,1,3H3/b6-4-. The second-order valence-electron chi connectivity index (χ2n) is 4.29. The molecule has 2 N–H and O–H groups in total. The normalized spacial score (nSPS) is 19.6. The van der Waals surface area contributed by atoms with Gasteiger partial charge >= 0.3 is 0 Å². The van der Waals surface area contributed by atoms with Crippen LogP contribution in [0.2, 0.25) is 5.02 Å². The van der Waals surface area contributed by atoms with Gasteiger partial charge in [-0.3, -0.25) is 0 Å². The first-order chi connectivity index (χ1) is 9.08. The van der Waals surface area contributed by atoms with Crippen LogP contribution in [0.3, 0.4) is 0 Å². The maximum absolute atomic E-state index is 6.39. The summed E-state index contributed by atoms with van der Waals surface area (Å²) in [7, 11) is 2.02. The quantitative estimate of drug-likeness (QED) is 0.824. The zero-order valence-corrected chi connectivity index (χ0v) is 12.6. The maximum Gasteiger partial charge on any atom is 0.0584 e. The molecule has 0 fully saturated rings. The van der Waals surface area contributed by atoms with E-state index in [1.165, 1.54) is 0 Å². The Balaban J connectivity index is 2.61. The highest BCUT2D eigenvalue weighted by atomic mass is 35.5. The number of likely N-dealkylation sites (N-methyl/N-ethyl adjacent to an activating group) is 1. The van der Waals surface area contributed by atoms with E-state index in [9.17, 15) is 0 Å². The van der Waals surface area contributed by atoms with Crippen molar-refractivity contribution in [2.75, 3.05) is 7.05 Å². The number of rotatable bonds is 2. The van der Waals surface area contributed by atoms with Gasteiger partial charge in [0.25, 0.3) is 0 Å². The molecule has 0 aromatic heterocycles. The van der Waals surface area contributed by atoms with Crippen molar-refractivity contribution < 1.29 is 0 Å². The summed E-state index contributed by atoms with van der Waals surface area (Å²) in [5.41, 5.74) is 9.56. The van der Waals surface area contributed by atoms with Gasteiger partial charge in [-0.25, -0.2) is 0 Å². The number of hydrogen-bond acceptors (Lipinski definition) is 3. The van der Waals surface area contributed by atoms with Crippen molar-refractivity contribution >= 4 is 23.5 Å². The molecule has 0 saturated carbocycles. The average Bonchev–Trinajstić information content (AvgIpc) is 2.46. The van der Waals surface area contributed by atoms with Crippen molar-refractivity contribution in [3.63, 3.8) is 0 Å². The number of hydrogen-bond donors (Lipinski definition) is 1. The van der Waals surface area contributed by atoms with Crippen molar-refractivity contribution in [1.29, 1.82) is 0 Å². The summed E-state index contributed by atoms with van der Waals surface area (Å²) in [6, 6.07) is 5.64. The van der Waals surface area contributed by atoms with E-state index in [2.05, 4.69) is 17.0 Å². The molecule has 0 radical (unpaired) electrons. The summed E-state index contributed by atoms with van der Waals surface area (Å²) in [5, 5.41) is 0.724. The first-order valence-electron chi connectivity index (χ1n) is 6.04. The molecule has 100 valence electrons. The lowest BCUT2D eigenvalue weighted by atomic mass is 9.97. The molecule has 0 amide bonds. The maximum atomic E-state index is 6.39. The zero-order valence-electron chi connectivity index (χ0n) is 11.1. The molecule has 0 aliphatic carbocycles. The monoisotopic (exact) mass is 292 g/mol. The summed E-state index contributed by atoms with van der Waals surface area (Å²) >= 11 is 7.70. The van der Waals surface area contributed by atoms with Gasteiger partial charge in [-0.05, 0) is 48.2 Å². The van der Waals surface area contributed by atoms with Crippen molar-refractivity contribution in [2.45, 2.75) is 17.9 Å². The van der Waals surface area contributed by atoms with E-state index >= 15 is 0 Å². The van der Waals surface area contributed by atoms with E-state index < -0.39 is 0 Å². The average molecular weight is 293 g/mol. The fourth-order valence-electron chi connectivity index (χ4n) is 2.14. The fourth-order valence-corrected chi connectivity index (χ4v) is 3.42. The molecule has 19 heavy (non-hydrogen) atoms. The van der Waals surface area contributed by atoms with Crippen molar-refractivity contribution in [2.24, 2.45) is 5.73 Å². The molecule has 2 nitrogen and oxygen atoms in total. The molecule has 1 aliphatic rings. The van der Waals surface area contributed by atoms with E-state index in [-0.39, 0.29) is 6.04 Å². The summed E-state index contributed by atoms with van der Waals surface area (Å²) in [5.74, 6) is 0. The molecule has 0 saturated heterocycles. The lowest BCUT2D eigenvalue weighted by Gasteiger charge is -2.19. The van der Waals surface area contributed by atoms with Gasteiger partial charge < -0.3 is 10.0 Å². The van der Waals surface area contributed by atoms with Gasteiger partial charge in [-0.2, -0.15) is 0 Å². The molecule has 4 heteroatoms. The van der Waals surface area contributed by atoms with Crippen LogP contribution in [0.1, 0.15) is 18.5 Å².